The van der Waals surface area contributed by atoms with E-state index in [0.717, 1.165) is 41.5 Å². The summed E-state index contributed by atoms with van der Waals surface area (Å²) in [6, 6.07) is 10.3. The molecule has 0 spiro atoms. The molecule has 0 amide bonds. The average molecular weight is 512 g/mol. The van der Waals surface area contributed by atoms with E-state index in [-0.39, 0.29) is 16.7 Å². The van der Waals surface area contributed by atoms with Gasteiger partial charge in [0.25, 0.3) is 0 Å². The van der Waals surface area contributed by atoms with Gasteiger partial charge in [-0.05, 0) is 66.0 Å². The number of carbonyl (C=O) groups is 1. The molecule has 0 radical (unpaired) electrons. The van der Waals surface area contributed by atoms with Gasteiger partial charge in [-0.3, -0.25) is 0 Å². The molecule has 36 heavy (non-hydrogen) atoms. The minimum Gasteiger partial charge on any atom is -0.545 e. The first-order valence-electron chi connectivity index (χ1n) is 13.1. The highest BCUT2D eigenvalue weighted by Crippen LogP contribution is 2.42. The number of fused-ring (bicyclic) bond motifs is 1. The van der Waals surface area contributed by atoms with E-state index < -0.39 is 15.8 Å². The summed E-state index contributed by atoms with van der Waals surface area (Å²) < 4.78 is 32.5. The summed E-state index contributed by atoms with van der Waals surface area (Å²) in [4.78, 5) is 11.5. The number of carboxylic acids is 1. The van der Waals surface area contributed by atoms with Gasteiger partial charge in [-0.25, -0.2) is 8.42 Å². The van der Waals surface area contributed by atoms with Crippen molar-refractivity contribution in [2.45, 2.75) is 89.4 Å². The van der Waals surface area contributed by atoms with Crippen LogP contribution in [0.1, 0.15) is 106 Å². The average Bonchev–Trinajstić information content (AvgIpc) is 2.91. The van der Waals surface area contributed by atoms with Crippen LogP contribution < -0.4 is 9.84 Å². The summed E-state index contributed by atoms with van der Waals surface area (Å²) in [7, 11) is -3.39. The molecule has 3 rings (SSSR count). The first kappa shape index (κ1) is 28.0. The van der Waals surface area contributed by atoms with Crippen LogP contribution in [0.25, 0.3) is 11.6 Å². The number of sulfone groups is 1. The molecule has 0 atom stereocenters. The molecule has 2 aromatic carbocycles. The normalized spacial score (nSPS) is 16.7. The summed E-state index contributed by atoms with van der Waals surface area (Å²) in [6.45, 7) is 8.92. The Morgan fingerprint density at radius 1 is 1.06 bits per heavy atom. The molecule has 1 aliphatic rings. The molecule has 0 aliphatic carbocycles. The van der Waals surface area contributed by atoms with E-state index in [0.29, 0.717) is 23.7 Å². The van der Waals surface area contributed by atoms with Crippen LogP contribution in [0.3, 0.4) is 0 Å². The van der Waals surface area contributed by atoms with E-state index in [1.807, 2.05) is 19.1 Å². The van der Waals surface area contributed by atoms with Crippen molar-refractivity contribution in [1.82, 2.24) is 0 Å². The van der Waals surface area contributed by atoms with Gasteiger partial charge in [0.1, 0.15) is 5.75 Å². The Morgan fingerprint density at radius 3 is 2.39 bits per heavy atom. The Kier molecular flexibility index (Phi) is 9.40. The van der Waals surface area contributed by atoms with Gasteiger partial charge in [-0.15, -0.1) is 0 Å². The summed E-state index contributed by atoms with van der Waals surface area (Å²) in [5.41, 5.74) is 3.33. The van der Waals surface area contributed by atoms with Gasteiger partial charge < -0.3 is 14.6 Å². The molecule has 1 heterocycles. The zero-order valence-electron chi connectivity index (χ0n) is 22.1. The fourth-order valence-corrected chi connectivity index (χ4v) is 6.53. The topological polar surface area (TPSA) is 83.5 Å². The Morgan fingerprint density at radius 2 is 1.72 bits per heavy atom. The monoisotopic (exact) mass is 511 g/mol. The minimum atomic E-state index is -3.39. The fourth-order valence-electron chi connectivity index (χ4n) is 4.83. The standard InChI is InChI=1S/C30H40O5S/c1-5-6-7-8-9-10-17-35-27-21-28-26(30(3,4)16-11-18-36(28,33)34)20-25(27)22(2)19-23-12-14-24(15-13-23)29(31)32/h12-15,19-21H,5-11,16-18H2,1-4H3,(H,31,32)/p-1/b22-19+. The fraction of sp³-hybridized carbons (Fsp3) is 0.500. The molecule has 5 nitrogen and oxygen atoms in total. The summed E-state index contributed by atoms with van der Waals surface area (Å²) >= 11 is 0. The lowest BCUT2D eigenvalue weighted by Crippen LogP contribution is -2.21. The largest absolute Gasteiger partial charge is 0.545 e. The number of ether oxygens (including phenoxy) is 1. The van der Waals surface area contributed by atoms with Gasteiger partial charge in [0.2, 0.25) is 0 Å². The molecule has 0 saturated heterocycles. The maximum absolute atomic E-state index is 13.1. The van der Waals surface area contributed by atoms with Crippen LogP contribution >= 0.6 is 0 Å². The van der Waals surface area contributed by atoms with Crippen LogP contribution in [0.4, 0.5) is 0 Å². The molecule has 1 aliphatic heterocycles. The second kappa shape index (κ2) is 12.1. The molecule has 0 aromatic heterocycles. The molecule has 0 fully saturated rings. The van der Waals surface area contributed by atoms with Crippen LogP contribution in [0.5, 0.6) is 5.75 Å². The quantitative estimate of drug-likeness (QED) is 0.265. The van der Waals surface area contributed by atoms with E-state index >= 15 is 0 Å². The predicted octanol–water partition coefficient (Wildman–Crippen LogP) is 6.20. The highest BCUT2D eigenvalue weighted by atomic mass is 32.2. The molecule has 0 N–H and O–H groups in total. The summed E-state index contributed by atoms with van der Waals surface area (Å²) in [6.07, 6.45) is 10.3. The lowest BCUT2D eigenvalue weighted by atomic mass is 9.79. The van der Waals surface area contributed by atoms with Crippen LogP contribution in [-0.4, -0.2) is 26.7 Å². The minimum absolute atomic E-state index is 0.129. The van der Waals surface area contributed by atoms with E-state index in [4.69, 9.17) is 4.74 Å². The lowest BCUT2D eigenvalue weighted by Gasteiger charge is -2.26. The van der Waals surface area contributed by atoms with Gasteiger partial charge in [0.15, 0.2) is 9.84 Å². The van der Waals surface area contributed by atoms with Gasteiger partial charge in [-0.2, -0.15) is 0 Å². The summed E-state index contributed by atoms with van der Waals surface area (Å²) in [5.74, 6) is -0.468. The number of unbranched alkanes of at least 4 members (excludes halogenated alkanes) is 5. The molecule has 0 saturated carbocycles. The number of aromatic carboxylic acids is 1. The second-order valence-electron chi connectivity index (χ2n) is 10.5. The molecule has 6 heteroatoms. The van der Waals surface area contributed by atoms with Gasteiger partial charge in [0, 0.05) is 5.56 Å². The molecule has 2 aromatic rings. The first-order chi connectivity index (χ1) is 17.0. The Balaban J connectivity index is 1.98. The molecule has 0 bridgehead atoms. The number of hydrogen-bond donors (Lipinski definition) is 0. The third-order valence-electron chi connectivity index (χ3n) is 7.07. The highest BCUT2D eigenvalue weighted by molar-refractivity contribution is 7.91. The SMILES string of the molecule is CCCCCCCCOc1cc2c(cc1/C(C)=C/c1ccc(C(=O)[O-])cc1)C(C)(C)CCCS2(=O)=O. The van der Waals surface area contributed by atoms with Crippen LogP contribution in [0, 0.1) is 0 Å². The zero-order chi connectivity index (χ0) is 26.3. The van der Waals surface area contributed by atoms with Crippen molar-refractivity contribution >= 4 is 27.5 Å². The molecular weight excluding hydrogens is 472 g/mol. The van der Waals surface area contributed by atoms with Crippen LogP contribution in [-0.2, 0) is 15.3 Å². The van der Waals surface area contributed by atoms with Crippen molar-refractivity contribution in [3.8, 4) is 5.75 Å². The van der Waals surface area contributed by atoms with Crippen molar-refractivity contribution < 1.29 is 23.1 Å². The lowest BCUT2D eigenvalue weighted by molar-refractivity contribution is -0.255. The van der Waals surface area contributed by atoms with E-state index in [9.17, 15) is 18.3 Å². The number of carbonyl (C=O) groups excluding carboxylic acids is 1. The number of allylic oxidation sites excluding steroid dienone is 1. The molecule has 0 unspecified atom stereocenters. The van der Waals surface area contributed by atoms with Gasteiger partial charge >= 0.3 is 0 Å². The number of hydrogen-bond acceptors (Lipinski definition) is 5. The predicted molar refractivity (Wildman–Crippen MR) is 144 cm³/mol. The maximum atomic E-state index is 13.1. The van der Waals surface area contributed by atoms with Crippen molar-refractivity contribution in [3.63, 3.8) is 0 Å². The Hall–Kier alpha value is -2.60. The zero-order valence-corrected chi connectivity index (χ0v) is 22.9. The van der Waals surface area contributed by atoms with Crippen molar-refractivity contribution in [2.24, 2.45) is 0 Å². The number of benzene rings is 2. The summed E-state index contributed by atoms with van der Waals surface area (Å²) in [5, 5.41) is 11.1. The third-order valence-corrected chi connectivity index (χ3v) is 8.90. The van der Waals surface area contributed by atoms with E-state index in [1.54, 1.807) is 18.2 Å². The molecular formula is C30H39O5S-. The van der Waals surface area contributed by atoms with E-state index in [1.165, 1.54) is 37.8 Å². The molecule has 196 valence electrons. The van der Waals surface area contributed by atoms with Crippen LogP contribution in [0.2, 0.25) is 0 Å². The van der Waals surface area contributed by atoms with Crippen molar-refractivity contribution in [3.05, 3.63) is 58.7 Å². The van der Waals surface area contributed by atoms with Gasteiger partial charge in [-0.1, -0.05) is 83.2 Å². The number of rotatable bonds is 11. The van der Waals surface area contributed by atoms with Crippen molar-refractivity contribution in [1.29, 1.82) is 0 Å². The van der Waals surface area contributed by atoms with Crippen molar-refractivity contribution in [2.75, 3.05) is 12.4 Å². The number of carboxylic acid groups (broad SMARTS) is 1. The van der Waals surface area contributed by atoms with E-state index in [2.05, 4.69) is 20.8 Å². The second-order valence-corrected chi connectivity index (χ2v) is 12.6. The first-order valence-corrected chi connectivity index (χ1v) is 14.7. The van der Waals surface area contributed by atoms with Gasteiger partial charge in [0.05, 0.1) is 23.2 Å². The smallest absolute Gasteiger partial charge is 0.178 e. The Bertz CT molecular complexity index is 1190. The maximum Gasteiger partial charge on any atom is 0.178 e. The highest BCUT2D eigenvalue weighted by Gasteiger charge is 2.34. The van der Waals surface area contributed by atoms with Crippen LogP contribution in [0.15, 0.2) is 41.3 Å². The Labute approximate surface area is 216 Å². The third kappa shape index (κ3) is 7.00.